The fraction of sp³-hybridized carbons (Fsp3) is 0.118. The van der Waals surface area contributed by atoms with Gasteiger partial charge in [0.2, 0.25) is 5.78 Å². The van der Waals surface area contributed by atoms with Crippen LogP contribution < -0.4 is 0 Å². The fourth-order valence-electron chi connectivity index (χ4n) is 1.73. The third-order valence-electron chi connectivity index (χ3n) is 2.81. The van der Waals surface area contributed by atoms with Crippen molar-refractivity contribution in [2.45, 2.75) is 23.6 Å². The van der Waals surface area contributed by atoms with E-state index in [4.69, 9.17) is 0 Å². The summed E-state index contributed by atoms with van der Waals surface area (Å²) in [5, 5.41) is 12.8. The van der Waals surface area contributed by atoms with Gasteiger partial charge in [-0.3, -0.25) is 4.79 Å². The van der Waals surface area contributed by atoms with Gasteiger partial charge < -0.3 is 9.94 Å². The number of rotatable bonds is 5. The Bertz CT molecular complexity index is 753. The van der Waals surface area contributed by atoms with Gasteiger partial charge in [-0.2, -0.15) is 0 Å². The predicted octanol–water partition coefficient (Wildman–Crippen LogP) is 3.67. The topological polar surface area (TPSA) is 76.0 Å². The second-order valence-electron chi connectivity index (χ2n) is 4.71. The summed E-state index contributed by atoms with van der Waals surface area (Å²) in [4.78, 5) is 29.3. The van der Waals surface area contributed by atoms with E-state index in [-0.39, 0.29) is 17.2 Å². The standard InChI is InChI=1S/C17H15NO4S/c1-11(18-22-12(2)19)17(21)13-4-3-5-16(10-13)23-15-8-6-14(20)7-9-15/h3-10,20H,1-2H3/b18-11+. The van der Waals surface area contributed by atoms with E-state index in [1.54, 1.807) is 42.5 Å². The van der Waals surface area contributed by atoms with Crippen molar-refractivity contribution >= 4 is 29.2 Å². The van der Waals surface area contributed by atoms with Gasteiger partial charge in [-0.15, -0.1) is 0 Å². The number of benzene rings is 2. The molecule has 0 fully saturated rings. The van der Waals surface area contributed by atoms with Gasteiger partial charge in [-0.1, -0.05) is 29.1 Å². The maximum atomic E-state index is 12.2. The third-order valence-corrected chi connectivity index (χ3v) is 3.81. The van der Waals surface area contributed by atoms with Gasteiger partial charge in [-0.05, 0) is 43.3 Å². The smallest absolute Gasteiger partial charge is 0.331 e. The highest BCUT2D eigenvalue weighted by Gasteiger charge is 2.12. The summed E-state index contributed by atoms with van der Waals surface area (Å²) in [6, 6.07) is 13.9. The summed E-state index contributed by atoms with van der Waals surface area (Å²) in [5.41, 5.74) is 0.564. The van der Waals surface area contributed by atoms with E-state index < -0.39 is 5.97 Å². The Morgan fingerprint density at radius 3 is 2.39 bits per heavy atom. The molecule has 1 N–H and O–H groups in total. The number of hydrogen-bond donors (Lipinski definition) is 1. The molecule has 0 radical (unpaired) electrons. The van der Waals surface area contributed by atoms with E-state index in [2.05, 4.69) is 9.99 Å². The first-order chi connectivity index (χ1) is 11.0. The Morgan fingerprint density at radius 1 is 1.04 bits per heavy atom. The van der Waals surface area contributed by atoms with Crippen LogP contribution in [0.5, 0.6) is 5.75 Å². The molecule has 2 aromatic rings. The molecular formula is C17H15NO4S. The van der Waals surface area contributed by atoms with Crippen molar-refractivity contribution in [2.24, 2.45) is 5.16 Å². The zero-order valence-electron chi connectivity index (χ0n) is 12.6. The van der Waals surface area contributed by atoms with Gasteiger partial charge in [0.25, 0.3) is 0 Å². The first kappa shape index (κ1) is 16.8. The lowest BCUT2D eigenvalue weighted by Crippen LogP contribution is -2.11. The first-order valence-electron chi connectivity index (χ1n) is 6.79. The molecule has 2 aromatic carbocycles. The molecule has 0 amide bonds. The molecule has 0 heterocycles. The lowest BCUT2D eigenvalue weighted by Gasteiger charge is -2.05. The number of carbonyl (C=O) groups excluding carboxylic acids is 2. The molecule has 6 heteroatoms. The van der Waals surface area contributed by atoms with Crippen LogP contribution in [0.1, 0.15) is 24.2 Å². The minimum Gasteiger partial charge on any atom is -0.508 e. The summed E-state index contributed by atoms with van der Waals surface area (Å²) in [6.45, 7) is 2.71. The molecule has 23 heavy (non-hydrogen) atoms. The fourth-order valence-corrected chi connectivity index (χ4v) is 2.61. The summed E-state index contributed by atoms with van der Waals surface area (Å²) in [5.74, 6) is -0.677. The number of phenols is 1. The minimum atomic E-state index is -0.575. The highest BCUT2D eigenvalue weighted by atomic mass is 32.2. The van der Waals surface area contributed by atoms with Gasteiger partial charge in [0.1, 0.15) is 11.5 Å². The summed E-state index contributed by atoms with van der Waals surface area (Å²) in [7, 11) is 0. The average Bonchev–Trinajstić information content (AvgIpc) is 2.54. The molecule has 0 aliphatic rings. The molecule has 2 rings (SSSR count). The normalized spacial score (nSPS) is 11.1. The maximum Gasteiger partial charge on any atom is 0.331 e. The minimum absolute atomic E-state index is 0.104. The molecular weight excluding hydrogens is 314 g/mol. The van der Waals surface area contributed by atoms with Crippen LogP contribution >= 0.6 is 11.8 Å². The quantitative estimate of drug-likeness (QED) is 0.392. The molecule has 0 saturated carbocycles. The lowest BCUT2D eigenvalue weighted by atomic mass is 10.1. The number of aromatic hydroxyl groups is 1. The number of oxime groups is 1. The first-order valence-corrected chi connectivity index (χ1v) is 7.61. The SMILES string of the molecule is CC(=O)O/N=C(\C)C(=O)c1cccc(Sc2ccc(O)cc2)c1. The number of carbonyl (C=O) groups is 2. The van der Waals surface area contributed by atoms with Crippen molar-refractivity contribution in [1.82, 2.24) is 0 Å². The maximum absolute atomic E-state index is 12.2. The Morgan fingerprint density at radius 2 is 1.74 bits per heavy atom. The molecule has 0 saturated heterocycles. The molecule has 0 atom stereocenters. The van der Waals surface area contributed by atoms with Gasteiger partial charge in [0, 0.05) is 22.3 Å². The van der Waals surface area contributed by atoms with E-state index in [0.29, 0.717) is 5.56 Å². The van der Waals surface area contributed by atoms with Crippen LogP contribution in [0, 0.1) is 0 Å². The number of ketones is 1. The highest BCUT2D eigenvalue weighted by Crippen LogP contribution is 2.29. The molecule has 0 bridgehead atoms. The number of nitrogens with zero attached hydrogens (tertiary/aromatic N) is 1. The summed E-state index contributed by atoms with van der Waals surface area (Å²) < 4.78 is 0. The van der Waals surface area contributed by atoms with Gasteiger partial charge in [-0.25, -0.2) is 4.79 Å². The number of hydrogen-bond acceptors (Lipinski definition) is 6. The van der Waals surface area contributed by atoms with E-state index in [1.165, 1.54) is 25.6 Å². The molecule has 0 spiro atoms. The van der Waals surface area contributed by atoms with Crippen LogP contribution in [-0.2, 0) is 9.63 Å². The van der Waals surface area contributed by atoms with Crippen molar-refractivity contribution in [3.8, 4) is 5.75 Å². The summed E-state index contributed by atoms with van der Waals surface area (Å²) >= 11 is 1.47. The zero-order valence-corrected chi connectivity index (χ0v) is 13.5. The van der Waals surface area contributed by atoms with Crippen molar-refractivity contribution < 1.29 is 19.5 Å². The van der Waals surface area contributed by atoms with Crippen molar-refractivity contribution in [2.75, 3.05) is 0 Å². The highest BCUT2D eigenvalue weighted by molar-refractivity contribution is 7.99. The van der Waals surface area contributed by atoms with Crippen molar-refractivity contribution in [3.05, 3.63) is 54.1 Å². The largest absolute Gasteiger partial charge is 0.508 e. The van der Waals surface area contributed by atoms with Crippen LogP contribution in [0.3, 0.4) is 0 Å². The van der Waals surface area contributed by atoms with E-state index in [9.17, 15) is 14.7 Å². The molecule has 5 nitrogen and oxygen atoms in total. The van der Waals surface area contributed by atoms with Crippen LogP contribution in [0.4, 0.5) is 0 Å². The molecule has 0 aliphatic carbocycles. The van der Waals surface area contributed by atoms with E-state index >= 15 is 0 Å². The van der Waals surface area contributed by atoms with E-state index in [1.807, 2.05) is 6.07 Å². The Balaban J connectivity index is 2.15. The Labute approximate surface area is 138 Å². The van der Waals surface area contributed by atoms with Crippen LogP contribution in [0.25, 0.3) is 0 Å². The number of phenolic OH excluding ortho intramolecular Hbond substituents is 1. The Kier molecular flexibility index (Phi) is 5.54. The van der Waals surface area contributed by atoms with Gasteiger partial charge >= 0.3 is 5.97 Å². The average molecular weight is 329 g/mol. The second kappa shape index (κ2) is 7.60. The van der Waals surface area contributed by atoms with Crippen molar-refractivity contribution in [3.63, 3.8) is 0 Å². The molecule has 0 aromatic heterocycles. The van der Waals surface area contributed by atoms with E-state index in [0.717, 1.165) is 9.79 Å². The predicted molar refractivity (Wildman–Crippen MR) is 87.9 cm³/mol. The van der Waals surface area contributed by atoms with Gasteiger partial charge in [0.05, 0.1) is 0 Å². The third kappa shape index (κ3) is 4.96. The van der Waals surface area contributed by atoms with Gasteiger partial charge in [0.15, 0.2) is 0 Å². The monoisotopic (exact) mass is 329 g/mol. The van der Waals surface area contributed by atoms with Crippen LogP contribution in [0.2, 0.25) is 0 Å². The van der Waals surface area contributed by atoms with Crippen LogP contribution in [-0.4, -0.2) is 22.6 Å². The molecule has 118 valence electrons. The van der Waals surface area contributed by atoms with Crippen molar-refractivity contribution in [1.29, 1.82) is 0 Å². The van der Waals surface area contributed by atoms with Crippen LogP contribution in [0.15, 0.2) is 63.5 Å². The zero-order chi connectivity index (χ0) is 16.8. The molecule has 0 unspecified atom stereocenters. The Hall–Kier alpha value is -2.60. The lowest BCUT2D eigenvalue weighted by molar-refractivity contribution is -0.140. The summed E-state index contributed by atoms with van der Waals surface area (Å²) in [6.07, 6.45) is 0. The number of Topliss-reactive ketones (excluding diaryl/α,β-unsaturated/α-hetero) is 1. The molecule has 0 aliphatic heterocycles. The second-order valence-corrected chi connectivity index (χ2v) is 5.86.